The van der Waals surface area contributed by atoms with E-state index in [1.165, 1.54) is 0 Å². The molecule has 1 saturated heterocycles. The van der Waals surface area contributed by atoms with E-state index in [-0.39, 0.29) is 36.0 Å². The number of ether oxygens (including phenoxy) is 1. The maximum Gasteiger partial charge on any atom is 0.226 e. The zero-order valence-corrected chi connectivity index (χ0v) is 10.7. The first-order valence-corrected chi connectivity index (χ1v) is 6.12. The molecule has 1 aliphatic rings. The second kappa shape index (κ2) is 5.64. The number of amides is 1. The normalized spacial score (nSPS) is 36.1. The summed E-state index contributed by atoms with van der Waals surface area (Å²) in [4.78, 5) is 12.0. The Bertz CT molecular complexity index is 243. The fraction of sp³-hybridized carbons (Fsp3) is 0.917. The first-order chi connectivity index (χ1) is 7.43. The van der Waals surface area contributed by atoms with Crippen LogP contribution >= 0.6 is 0 Å². The first kappa shape index (κ1) is 13.5. The largest absolute Gasteiger partial charge is 0.374 e. The lowest BCUT2D eigenvalue weighted by molar-refractivity contribution is -0.127. The van der Waals surface area contributed by atoms with Crippen LogP contribution in [0.25, 0.3) is 0 Å². The summed E-state index contributed by atoms with van der Waals surface area (Å²) < 4.78 is 5.65. The van der Waals surface area contributed by atoms with Gasteiger partial charge in [-0.1, -0.05) is 6.92 Å². The van der Waals surface area contributed by atoms with Gasteiger partial charge in [-0.25, -0.2) is 0 Å². The maximum atomic E-state index is 12.0. The molecule has 16 heavy (non-hydrogen) atoms. The van der Waals surface area contributed by atoms with Crippen molar-refractivity contribution in [2.45, 2.75) is 52.4 Å². The summed E-state index contributed by atoms with van der Waals surface area (Å²) in [5.41, 5.74) is 5.63. The summed E-state index contributed by atoms with van der Waals surface area (Å²) in [7, 11) is 0. The molecule has 1 amide bonds. The molecule has 4 nitrogen and oxygen atoms in total. The predicted octanol–water partition coefficient (Wildman–Crippen LogP) is 0.899. The summed E-state index contributed by atoms with van der Waals surface area (Å²) in [5.74, 6) is 0.360. The number of hydrogen-bond acceptors (Lipinski definition) is 3. The summed E-state index contributed by atoms with van der Waals surface area (Å²) in [6.07, 6.45) is 0.997. The standard InChI is InChI=1S/C12H24N2O2/c1-7(13)5-6-14-12(15)11-8(2)9(3)16-10(11)4/h7-11H,5-6,13H2,1-4H3,(H,14,15). The van der Waals surface area contributed by atoms with E-state index < -0.39 is 0 Å². The Labute approximate surface area is 97.9 Å². The predicted molar refractivity (Wildman–Crippen MR) is 63.9 cm³/mol. The van der Waals surface area contributed by atoms with Crippen LogP contribution in [0.2, 0.25) is 0 Å². The van der Waals surface area contributed by atoms with Crippen molar-refractivity contribution >= 4 is 5.91 Å². The highest BCUT2D eigenvalue weighted by Gasteiger charge is 2.41. The molecule has 1 aliphatic heterocycles. The molecule has 5 unspecified atom stereocenters. The fourth-order valence-corrected chi connectivity index (χ4v) is 2.26. The van der Waals surface area contributed by atoms with Gasteiger partial charge in [-0.2, -0.15) is 0 Å². The Hall–Kier alpha value is -0.610. The van der Waals surface area contributed by atoms with E-state index in [1.807, 2.05) is 20.8 Å². The lowest BCUT2D eigenvalue weighted by atomic mass is 9.89. The smallest absolute Gasteiger partial charge is 0.226 e. The third kappa shape index (κ3) is 3.19. The van der Waals surface area contributed by atoms with Gasteiger partial charge in [0.2, 0.25) is 5.91 Å². The van der Waals surface area contributed by atoms with Crippen LogP contribution in [0.5, 0.6) is 0 Å². The number of hydrogen-bond donors (Lipinski definition) is 2. The van der Waals surface area contributed by atoms with Gasteiger partial charge in [-0.15, -0.1) is 0 Å². The van der Waals surface area contributed by atoms with Gasteiger partial charge in [0.05, 0.1) is 18.1 Å². The Morgan fingerprint density at radius 2 is 2.00 bits per heavy atom. The number of carbonyl (C=O) groups excluding carboxylic acids is 1. The van der Waals surface area contributed by atoms with Gasteiger partial charge in [-0.05, 0) is 33.1 Å². The highest BCUT2D eigenvalue weighted by Crippen LogP contribution is 2.32. The molecule has 5 atom stereocenters. The van der Waals surface area contributed by atoms with Crippen molar-refractivity contribution in [3.05, 3.63) is 0 Å². The van der Waals surface area contributed by atoms with Crippen molar-refractivity contribution in [1.82, 2.24) is 5.32 Å². The lowest BCUT2D eigenvalue weighted by Crippen LogP contribution is -2.38. The molecule has 0 aliphatic carbocycles. The summed E-state index contributed by atoms with van der Waals surface area (Å²) in [6.45, 7) is 8.66. The highest BCUT2D eigenvalue weighted by atomic mass is 16.5. The van der Waals surface area contributed by atoms with Crippen molar-refractivity contribution in [3.63, 3.8) is 0 Å². The van der Waals surface area contributed by atoms with Crippen molar-refractivity contribution in [2.24, 2.45) is 17.6 Å². The Morgan fingerprint density at radius 1 is 1.38 bits per heavy atom. The second-order valence-corrected chi connectivity index (χ2v) is 4.99. The maximum absolute atomic E-state index is 12.0. The molecule has 3 N–H and O–H groups in total. The summed E-state index contributed by atoms with van der Waals surface area (Å²) in [6, 6.07) is 0.133. The molecule has 1 heterocycles. The van der Waals surface area contributed by atoms with Crippen LogP contribution in [-0.4, -0.2) is 30.7 Å². The van der Waals surface area contributed by atoms with Crippen LogP contribution in [-0.2, 0) is 9.53 Å². The van der Waals surface area contributed by atoms with Gasteiger partial charge >= 0.3 is 0 Å². The van der Waals surface area contributed by atoms with E-state index in [2.05, 4.69) is 12.2 Å². The van der Waals surface area contributed by atoms with E-state index in [1.54, 1.807) is 0 Å². The van der Waals surface area contributed by atoms with E-state index in [9.17, 15) is 4.79 Å². The quantitative estimate of drug-likeness (QED) is 0.751. The number of nitrogens with one attached hydrogen (secondary N) is 1. The third-order valence-electron chi connectivity index (χ3n) is 3.44. The molecule has 0 spiro atoms. The van der Waals surface area contributed by atoms with Crippen LogP contribution in [0, 0.1) is 11.8 Å². The van der Waals surface area contributed by atoms with E-state index >= 15 is 0 Å². The molecule has 0 aromatic heterocycles. The molecule has 0 aromatic carbocycles. The van der Waals surface area contributed by atoms with Gasteiger partial charge < -0.3 is 15.8 Å². The number of carbonyl (C=O) groups is 1. The average Bonchev–Trinajstić information content (AvgIpc) is 2.40. The van der Waals surface area contributed by atoms with Gasteiger partial charge in [0.25, 0.3) is 0 Å². The molecule has 4 heteroatoms. The molecule has 0 saturated carbocycles. The Morgan fingerprint density at radius 3 is 2.44 bits per heavy atom. The molecule has 1 rings (SSSR count). The molecule has 0 bridgehead atoms. The first-order valence-electron chi connectivity index (χ1n) is 6.12. The minimum absolute atomic E-state index is 0.0142. The third-order valence-corrected chi connectivity index (χ3v) is 3.44. The van der Waals surface area contributed by atoms with Crippen molar-refractivity contribution in [3.8, 4) is 0 Å². The Balaban J connectivity index is 2.41. The molecule has 1 fully saturated rings. The SMILES string of the molecule is CC(N)CCNC(=O)C1C(C)OC(C)C1C. The zero-order valence-electron chi connectivity index (χ0n) is 10.7. The highest BCUT2D eigenvalue weighted by molar-refractivity contribution is 5.79. The van der Waals surface area contributed by atoms with Crippen molar-refractivity contribution in [2.75, 3.05) is 6.54 Å². The van der Waals surface area contributed by atoms with Crippen LogP contribution in [0.3, 0.4) is 0 Å². The number of rotatable bonds is 4. The van der Waals surface area contributed by atoms with E-state index in [4.69, 9.17) is 10.5 Å². The molecular weight excluding hydrogens is 204 g/mol. The van der Waals surface area contributed by atoms with Gasteiger partial charge in [0.1, 0.15) is 0 Å². The second-order valence-electron chi connectivity index (χ2n) is 4.99. The number of nitrogens with two attached hydrogens (primary N) is 1. The van der Waals surface area contributed by atoms with Crippen LogP contribution in [0.4, 0.5) is 0 Å². The fourth-order valence-electron chi connectivity index (χ4n) is 2.26. The van der Waals surface area contributed by atoms with Crippen molar-refractivity contribution < 1.29 is 9.53 Å². The van der Waals surface area contributed by atoms with E-state index in [0.29, 0.717) is 6.54 Å². The average molecular weight is 228 g/mol. The summed E-state index contributed by atoms with van der Waals surface area (Å²) in [5, 5.41) is 2.94. The molecule has 0 aromatic rings. The van der Waals surface area contributed by atoms with E-state index in [0.717, 1.165) is 6.42 Å². The zero-order chi connectivity index (χ0) is 12.3. The topological polar surface area (TPSA) is 64.3 Å². The van der Waals surface area contributed by atoms with Gasteiger partial charge in [-0.3, -0.25) is 4.79 Å². The van der Waals surface area contributed by atoms with Crippen LogP contribution in [0.15, 0.2) is 0 Å². The monoisotopic (exact) mass is 228 g/mol. The van der Waals surface area contributed by atoms with Crippen LogP contribution in [0.1, 0.15) is 34.1 Å². The minimum atomic E-state index is -0.0249. The van der Waals surface area contributed by atoms with Crippen LogP contribution < -0.4 is 11.1 Å². The lowest BCUT2D eigenvalue weighted by Gasteiger charge is -2.18. The molecule has 0 radical (unpaired) electrons. The van der Waals surface area contributed by atoms with Crippen molar-refractivity contribution in [1.29, 1.82) is 0 Å². The molecule has 94 valence electrons. The molecular formula is C12H24N2O2. The van der Waals surface area contributed by atoms with Gasteiger partial charge in [0, 0.05) is 12.6 Å². The summed E-state index contributed by atoms with van der Waals surface area (Å²) >= 11 is 0. The van der Waals surface area contributed by atoms with Gasteiger partial charge in [0.15, 0.2) is 0 Å². The minimum Gasteiger partial charge on any atom is -0.374 e. The Kier molecular flexibility index (Phi) is 4.74.